The molecule has 1 fully saturated rings. The van der Waals surface area contributed by atoms with Crippen molar-refractivity contribution >= 4 is 17.3 Å². The van der Waals surface area contributed by atoms with Gasteiger partial charge < -0.3 is 5.11 Å². The number of carboxylic acid groups (broad SMARTS) is 1. The van der Waals surface area contributed by atoms with Crippen LogP contribution < -0.4 is 0 Å². The number of hydrogen-bond acceptors (Lipinski definition) is 2. The summed E-state index contributed by atoms with van der Waals surface area (Å²) in [4.78, 5) is 13.4. The molecule has 0 amide bonds. The van der Waals surface area contributed by atoms with Crippen LogP contribution in [0.2, 0.25) is 0 Å². The van der Waals surface area contributed by atoms with Gasteiger partial charge in [0.1, 0.15) is 0 Å². The quantitative estimate of drug-likeness (QED) is 0.833. The summed E-state index contributed by atoms with van der Waals surface area (Å²) in [6.45, 7) is 2.19. The van der Waals surface area contributed by atoms with Gasteiger partial charge >= 0.3 is 5.97 Å². The largest absolute Gasteiger partial charge is 0.481 e. The smallest absolute Gasteiger partial charge is 0.307 e. The third kappa shape index (κ3) is 2.40. The zero-order valence-electron chi connectivity index (χ0n) is 8.90. The number of unbranched alkanes of at least 4 members (excludes halogenated alkanes) is 1. The summed E-state index contributed by atoms with van der Waals surface area (Å²) in [6.07, 6.45) is 4.43. The topological polar surface area (TPSA) is 37.3 Å². The fourth-order valence-corrected chi connectivity index (χ4v) is 3.09. The molecule has 2 rings (SSSR count). The Morgan fingerprint density at radius 1 is 1.60 bits per heavy atom. The molecule has 2 atom stereocenters. The van der Waals surface area contributed by atoms with E-state index < -0.39 is 5.97 Å². The second-order valence-corrected chi connectivity index (χ2v) is 5.39. The Morgan fingerprint density at radius 3 is 3.00 bits per heavy atom. The Morgan fingerprint density at radius 2 is 2.40 bits per heavy atom. The number of thiophene rings is 1. The van der Waals surface area contributed by atoms with Crippen molar-refractivity contribution in [2.24, 2.45) is 5.92 Å². The van der Waals surface area contributed by atoms with E-state index in [1.807, 2.05) is 0 Å². The molecule has 0 radical (unpaired) electrons. The fourth-order valence-electron chi connectivity index (χ4n) is 1.86. The third-order valence-electron chi connectivity index (χ3n) is 2.93. The summed E-state index contributed by atoms with van der Waals surface area (Å²) >= 11 is 1.80. The highest BCUT2D eigenvalue weighted by Gasteiger charge is 2.44. The Hall–Kier alpha value is -0.830. The van der Waals surface area contributed by atoms with Crippen molar-refractivity contribution in [2.45, 2.75) is 38.5 Å². The van der Waals surface area contributed by atoms with Gasteiger partial charge in [0.2, 0.25) is 0 Å². The highest BCUT2D eigenvalue weighted by Crippen LogP contribution is 2.49. The molecule has 1 aliphatic carbocycles. The van der Waals surface area contributed by atoms with Crippen LogP contribution in [-0.2, 0) is 11.2 Å². The van der Waals surface area contributed by atoms with Crippen LogP contribution in [0.4, 0.5) is 0 Å². The highest BCUT2D eigenvalue weighted by atomic mass is 32.1. The second kappa shape index (κ2) is 4.35. The molecule has 1 N–H and O–H groups in total. The van der Waals surface area contributed by atoms with E-state index in [1.165, 1.54) is 22.6 Å². The van der Waals surface area contributed by atoms with E-state index in [0.29, 0.717) is 5.92 Å². The van der Waals surface area contributed by atoms with Crippen molar-refractivity contribution in [1.29, 1.82) is 0 Å². The van der Waals surface area contributed by atoms with E-state index in [9.17, 15) is 4.79 Å². The van der Waals surface area contributed by atoms with Crippen LogP contribution in [0.25, 0.3) is 0 Å². The lowest BCUT2D eigenvalue weighted by atomic mass is 10.2. The van der Waals surface area contributed by atoms with Crippen LogP contribution in [0, 0.1) is 5.92 Å². The van der Waals surface area contributed by atoms with E-state index in [0.717, 1.165) is 12.8 Å². The molecule has 1 saturated carbocycles. The Labute approximate surface area is 93.9 Å². The van der Waals surface area contributed by atoms with Gasteiger partial charge in [-0.2, -0.15) is 0 Å². The third-order valence-corrected chi connectivity index (χ3v) is 4.21. The number of rotatable bonds is 5. The maximum atomic E-state index is 10.7. The standard InChI is InChI=1S/C12H16O2S/c1-2-3-4-8-5-6-11(15-8)9-7-10(9)12(13)14/h5-6,9-10H,2-4,7H2,1H3,(H,13,14). The maximum Gasteiger partial charge on any atom is 0.307 e. The number of carboxylic acids is 1. The van der Waals surface area contributed by atoms with Gasteiger partial charge in [0, 0.05) is 15.7 Å². The first-order chi connectivity index (χ1) is 7.22. The summed E-state index contributed by atoms with van der Waals surface area (Å²) in [5.41, 5.74) is 0. The summed E-state index contributed by atoms with van der Waals surface area (Å²) in [5, 5.41) is 8.84. The Bertz CT molecular complexity index is 356. The van der Waals surface area contributed by atoms with E-state index in [4.69, 9.17) is 5.11 Å². The van der Waals surface area contributed by atoms with Gasteiger partial charge in [0.25, 0.3) is 0 Å². The SMILES string of the molecule is CCCCc1ccc(C2CC2C(=O)O)s1. The van der Waals surface area contributed by atoms with Crippen LogP contribution >= 0.6 is 11.3 Å². The lowest BCUT2D eigenvalue weighted by Crippen LogP contribution is -1.97. The first-order valence-corrected chi connectivity index (χ1v) is 6.35. The molecule has 82 valence electrons. The van der Waals surface area contributed by atoms with Gasteiger partial charge in [-0.1, -0.05) is 13.3 Å². The van der Waals surface area contributed by atoms with E-state index in [-0.39, 0.29) is 5.92 Å². The van der Waals surface area contributed by atoms with Crippen LogP contribution in [-0.4, -0.2) is 11.1 Å². The molecule has 0 bridgehead atoms. The van der Waals surface area contributed by atoms with Gasteiger partial charge in [-0.05, 0) is 31.4 Å². The monoisotopic (exact) mass is 224 g/mol. The summed E-state index contributed by atoms with van der Waals surface area (Å²) in [5.74, 6) is -0.436. The minimum atomic E-state index is -0.636. The average Bonchev–Trinajstić information content (AvgIpc) is 2.89. The number of aliphatic carboxylic acids is 1. The van der Waals surface area contributed by atoms with Crippen LogP contribution in [0.5, 0.6) is 0 Å². The van der Waals surface area contributed by atoms with Crippen molar-refractivity contribution < 1.29 is 9.90 Å². The van der Waals surface area contributed by atoms with Crippen molar-refractivity contribution in [3.05, 3.63) is 21.9 Å². The summed E-state index contributed by atoms with van der Waals surface area (Å²) in [6, 6.07) is 4.27. The van der Waals surface area contributed by atoms with Gasteiger partial charge in [-0.15, -0.1) is 11.3 Å². The number of carbonyl (C=O) groups is 1. The molecule has 0 aliphatic heterocycles. The molecule has 2 nitrogen and oxygen atoms in total. The van der Waals surface area contributed by atoms with E-state index in [2.05, 4.69) is 19.1 Å². The second-order valence-electron chi connectivity index (χ2n) is 4.19. The molecule has 2 unspecified atom stereocenters. The molecule has 0 spiro atoms. The molecule has 0 aromatic carbocycles. The van der Waals surface area contributed by atoms with Crippen molar-refractivity contribution in [3.63, 3.8) is 0 Å². The first-order valence-electron chi connectivity index (χ1n) is 5.53. The minimum Gasteiger partial charge on any atom is -0.481 e. The normalized spacial score (nSPS) is 24.1. The molecule has 0 saturated heterocycles. The predicted octanol–water partition coefficient (Wildman–Crippen LogP) is 3.28. The molecular weight excluding hydrogens is 208 g/mol. The van der Waals surface area contributed by atoms with Crippen LogP contribution in [0.1, 0.15) is 41.9 Å². The van der Waals surface area contributed by atoms with Crippen molar-refractivity contribution in [1.82, 2.24) is 0 Å². The molecule has 1 heterocycles. The zero-order chi connectivity index (χ0) is 10.8. The number of hydrogen-bond donors (Lipinski definition) is 1. The van der Waals surface area contributed by atoms with E-state index in [1.54, 1.807) is 11.3 Å². The lowest BCUT2D eigenvalue weighted by molar-refractivity contribution is -0.138. The number of aryl methyl sites for hydroxylation is 1. The molecule has 3 heteroatoms. The fraction of sp³-hybridized carbons (Fsp3) is 0.583. The highest BCUT2D eigenvalue weighted by molar-refractivity contribution is 7.12. The molecule has 1 aromatic rings. The van der Waals surface area contributed by atoms with Gasteiger partial charge in [0.15, 0.2) is 0 Å². The average molecular weight is 224 g/mol. The molecular formula is C12H16O2S. The summed E-state index contributed by atoms with van der Waals surface area (Å²) < 4.78 is 0. The molecule has 15 heavy (non-hydrogen) atoms. The Kier molecular flexibility index (Phi) is 3.10. The van der Waals surface area contributed by atoms with E-state index >= 15 is 0 Å². The van der Waals surface area contributed by atoms with Crippen molar-refractivity contribution in [2.75, 3.05) is 0 Å². The molecule has 1 aliphatic rings. The van der Waals surface area contributed by atoms with Gasteiger partial charge in [0.05, 0.1) is 5.92 Å². The van der Waals surface area contributed by atoms with Gasteiger partial charge in [-0.3, -0.25) is 4.79 Å². The van der Waals surface area contributed by atoms with Crippen molar-refractivity contribution in [3.8, 4) is 0 Å². The lowest BCUT2D eigenvalue weighted by Gasteiger charge is -1.93. The maximum absolute atomic E-state index is 10.7. The Balaban J connectivity index is 1.94. The van der Waals surface area contributed by atoms with Gasteiger partial charge in [-0.25, -0.2) is 0 Å². The minimum absolute atomic E-state index is 0.109. The zero-order valence-corrected chi connectivity index (χ0v) is 9.72. The first kappa shape index (κ1) is 10.7. The molecule has 1 aromatic heterocycles. The van der Waals surface area contributed by atoms with Crippen LogP contribution in [0.15, 0.2) is 12.1 Å². The predicted molar refractivity (Wildman–Crippen MR) is 61.4 cm³/mol. The van der Waals surface area contributed by atoms with Crippen LogP contribution in [0.3, 0.4) is 0 Å². The summed E-state index contributed by atoms with van der Waals surface area (Å²) in [7, 11) is 0.